The van der Waals surface area contributed by atoms with E-state index in [0.717, 1.165) is 19.1 Å². The third kappa shape index (κ3) is 3.37. The molecule has 19 heavy (non-hydrogen) atoms. The summed E-state index contributed by atoms with van der Waals surface area (Å²) in [4.78, 5) is 0. The molecule has 0 radical (unpaired) electrons. The van der Waals surface area contributed by atoms with Crippen LogP contribution in [0.15, 0.2) is 18.2 Å². The van der Waals surface area contributed by atoms with Crippen LogP contribution >= 0.6 is 0 Å². The van der Waals surface area contributed by atoms with Gasteiger partial charge >= 0.3 is 0 Å². The van der Waals surface area contributed by atoms with Gasteiger partial charge in [0.25, 0.3) is 0 Å². The lowest BCUT2D eigenvalue weighted by molar-refractivity contribution is 0.0188. The molecule has 2 rings (SSSR count). The number of nitrogens with one attached hydrogen (secondary N) is 1. The zero-order valence-corrected chi connectivity index (χ0v) is 12.7. The zero-order valence-electron chi connectivity index (χ0n) is 12.7. The molecule has 2 unspecified atom stereocenters. The van der Waals surface area contributed by atoms with Crippen molar-refractivity contribution in [1.82, 2.24) is 5.32 Å². The molecule has 0 aliphatic heterocycles. The highest BCUT2D eigenvalue weighted by molar-refractivity contribution is 5.36. The second-order valence-electron chi connectivity index (χ2n) is 5.58. The minimum Gasteiger partial charge on any atom is -0.376 e. The van der Waals surface area contributed by atoms with E-state index in [0.29, 0.717) is 12.1 Å². The predicted octanol–water partition coefficient (Wildman–Crippen LogP) is 3.77. The van der Waals surface area contributed by atoms with E-state index in [4.69, 9.17) is 4.74 Å². The Kier molecular flexibility index (Phi) is 5.00. The number of hydrogen-bond donors (Lipinski definition) is 1. The van der Waals surface area contributed by atoms with E-state index in [1.165, 1.54) is 29.5 Å². The average Bonchev–Trinajstić information content (AvgIpc) is 3.22. The maximum Gasteiger partial charge on any atom is 0.0797 e. The van der Waals surface area contributed by atoms with Crippen molar-refractivity contribution in [1.29, 1.82) is 0 Å². The first kappa shape index (κ1) is 14.5. The van der Waals surface area contributed by atoms with E-state index < -0.39 is 0 Å². The normalized spacial score (nSPS) is 18.3. The van der Waals surface area contributed by atoms with Crippen LogP contribution in [0, 0.1) is 19.8 Å². The van der Waals surface area contributed by atoms with Crippen molar-refractivity contribution in [2.45, 2.75) is 52.7 Å². The molecule has 0 aromatic heterocycles. The topological polar surface area (TPSA) is 21.3 Å². The molecule has 1 N–H and O–H groups in total. The van der Waals surface area contributed by atoms with Crippen LogP contribution in [-0.2, 0) is 4.74 Å². The lowest BCUT2D eigenvalue weighted by atomic mass is 9.92. The molecule has 1 aliphatic rings. The van der Waals surface area contributed by atoms with Crippen LogP contribution in [-0.4, -0.2) is 19.3 Å². The number of ether oxygens (including phenoxy) is 1. The highest BCUT2D eigenvalue weighted by Crippen LogP contribution is 2.40. The summed E-state index contributed by atoms with van der Waals surface area (Å²) < 4.78 is 6.07. The molecule has 1 fully saturated rings. The van der Waals surface area contributed by atoms with Crippen molar-refractivity contribution in [3.05, 3.63) is 34.9 Å². The van der Waals surface area contributed by atoms with Crippen molar-refractivity contribution in [3.8, 4) is 0 Å². The molecule has 0 bridgehead atoms. The van der Waals surface area contributed by atoms with Gasteiger partial charge in [0, 0.05) is 6.61 Å². The van der Waals surface area contributed by atoms with Gasteiger partial charge in [-0.05, 0) is 62.8 Å². The van der Waals surface area contributed by atoms with Crippen molar-refractivity contribution in [2.24, 2.45) is 5.92 Å². The Balaban J connectivity index is 2.29. The van der Waals surface area contributed by atoms with Gasteiger partial charge in [0.05, 0.1) is 12.1 Å². The van der Waals surface area contributed by atoms with Crippen LogP contribution in [0.25, 0.3) is 0 Å². The molecular weight excluding hydrogens is 234 g/mol. The number of benzene rings is 1. The molecule has 1 aromatic rings. The molecule has 1 saturated carbocycles. The number of rotatable bonds is 7. The van der Waals surface area contributed by atoms with Gasteiger partial charge in [-0.2, -0.15) is 0 Å². The van der Waals surface area contributed by atoms with Crippen molar-refractivity contribution in [2.75, 3.05) is 13.2 Å². The molecule has 1 aromatic carbocycles. The van der Waals surface area contributed by atoms with Gasteiger partial charge in [0.15, 0.2) is 0 Å². The molecule has 0 spiro atoms. The first-order valence-corrected chi connectivity index (χ1v) is 7.60. The second-order valence-corrected chi connectivity index (χ2v) is 5.58. The summed E-state index contributed by atoms with van der Waals surface area (Å²) in [7, 11) is 0. The lowest BCUT2D eigenvalue weighted by Crippen LogP contribution is -2.36. The van der Waals surface area contributed by atoms with Crippen molar-refractivity contribution < 1.29 is 4.74 Å². The Morgan fingerprint density at radius 1 is 1.26 bits per heavy atom. The van der Waals surface area contributed by atoms with E-state index in [2.05, 4.69) is 51.2 Å². The lowest BCUT2D eigenvalue weighted by Gasteiger charge is -2.30. The summed E-state index contributed by atoms with van der Waals surface area (Å²) in [6, 6.07) is 6.94. The van der Waals surface area contributed by atoms with E-state index in [1.807, 2.05) is 0 Å². The Bertz CT molecular complexity index is 412. The van der Waals surface area contributed by atoms with Crippen LogP contribution in [0.4, 0.5) is 0 Å². The molecule has 2 atom stereocenters. The molecule has 0 heterocycles. The Hall–Kier alpha value is -0.860. The fraction of sp³-hybridized carbons (Fsp3) is 0.647. The summed E-state index contributed by atoms with van der Waals surface area (Å²) in [6.07, 6.45) is 2.96. The van der Waals surface area contributed by atoms with E-state index in [-0.39, 0.29) is 0 Å². The predicted molar refractivity (Wildman–Crippen MR) is 80.5 cm³/mol. The summed E-state index contributed by atoms with van der Waals surface area (Å²) in [5, 5.41) is 3.65. The quantitative estimate of drug-likeness (QED) is 0.806. The van der Waals surface area contributed by atoms with Gasteiger partial charge in [0.1, 0.15) is 0 Å². The largest absolute Gasteiger partial charge is 0.376 e. The van der Waals surface area contributed by atoms with Crippen LogP contribution in [0.3, 0.4) is 0 Å². The van der Waals surface area contributed by atoms with Gasteiger partial charge in [-0.1, -0.05) is 25.1 Å². The van der Waals surface area contributed by atoms with E-state index in [9.17, 15) is 0 Å². The molecule has 2 heteroatoms. The molecule has 0 saturated heterocycles. The van der Waals surface area contributed by atoms with E-state index >= 15 is 0 Å². The smallest absolute Gasteiger partial charge is 0.0797 e. The molecule has 106 valence electrons. The number of aryl methyl sites for hydroxylation is 1. The number of likely N-dealkylation sites (N-methyl/N-ethyl adjacent to an activating group) is 1. The van der Waals surface area contributed by atoms with Gasteiger partial charge in [-0.3, -0.25) is 0 Å². The van der Waals surface area contributed by atoms with Crippen molar-refractivity contribution >= 4 is 0 Å². The summed E-state index contributed by atoms with van der Waals surface area (Å²) in [6.45, 7) is 10.5. The number of hydrogen-bond acceptors (Lipinski definition) is 2. The highest BCUT2D eigenvalue weighted by atomic mass is 16.5. The fourth-order valence-corrected chi connectivity index (χ4v) is 2.86. The maximum atomic E-state index is 6.07. The second kappa shape index (κ2) is 6.53. The van der Waals surface area contributed by atoms with Gasteiger partial charge in [0.2, 0.25) is 0 Å². The van der Waals surface area contributed by atoms with Gasteiger partial charge in [-0.25, -0.2) is 0 Å². The highest BCUT2D eigenvalue weighted by Gasteiger charge is 2.38. The monoisotopic (exact) mass is 261 g/mol. The fourth-order valence-electron chi connectivity index (χ4n) is 2.86. The standard InChI is InChI=1S/C17H27NO/c1-5-18-16(17(19-6-2)14-10-11-14)15-9-7-8-12(3)13(15)4/h7-9,14,16-18H,5-6,10-11H2,1-4H3. The van der Waals surface area contributed by atoms with Crippen LogP contribution in [0.2, 0.25) is 0 Å². The summed E-state index contributed by atoms with van der Waals surface area (Å²) in [5.41, 5.74) is 4.18. The Morgan fingerprint density at radius 2 is 2.00 bits per heavy atom. The van der Waals surface area contributed by atoms with Gasteiger partial charge < -0.3 is 10.1 Å². The Labute approximate surface area is 117 Å². The van der Waals surface area contributed by atoms with Crippen LogP contribution in [0.5, 0.6) is 0 Å². The summed E-state index contributed by atoms with van der Waals surface area (Å²) in [5.74, 6) is 0.740. The minimum absolute atomic E-state index is 0.324. The third-order valence-electron chi connectivity index (χ3n) is 4.18. The van der Waals surface area contributed by atoms with Gasteiger partial charge in [-0.15, -0.1) is 0 Å². The first-order chi connectivity index (χ1) is 9.19. The molecular formula is C17H27NO. The molecule has 0 amide bonds. The summed E-state index contributed by atoms with van der Waals surface area (Å²) >= 11 is 0. The average molecular weight is 261 g/mol. The zero-order chi connectivity index (χ0) is 13.8. The molecule has 1 aliphatic carbocycles. The van der Waals surface area contributed by atoms with Crippen LogP contribution in [0.1, 0.15) is 49.4 Å². The minimum atomic E-state index is 0.324. The Morgan fingerprint density at radius 3 is 2.58 bits per heavy atom. The van der Waals surface area contributed by atoms with Crippen LogP contribution < -0.4 is 5.32 Å². The van der Waals surface area contributed by atoms with E-state index in [1.54, 1.807) is 0 Å². The third-order valence-corrected chi connectivity index (χ3v) is 4.18. The first-order valence-electron chi connectivity index (χ1n) is 7.60. The SMILES string of the molecule is CCNC(c1cccc(C)c1C)C(OCC)C1CC1. The van der Waals surface area contributed by atoms with Crippen molar-refractivity contribution in [3.63, 3.8) is 0 Å². The maximum absolute atomic E-state index is 6.07. The molecule has 2 nitrogen and oxygen atoms in total.